The lowest BCUT2D eigenvalue weighted by Crippen LogP contribution is -2.45. The van der Waals surface area contributed by atoms with Crippen molar-refractivity contribution < 1.29 is 5.11 Å². The van der Waals surface area contributed by atoms with Gasteiger partial charge in [0.05, 0.1) is 12.6 Å². The van der Waals surface area contributed by atoms with Crippen LogP contribution in [0.15, 0.2) is 23.3 Å². The normalized spacial score (nSPS) is 24.4. The molecule has 25 heavy (non-hydrogen) atoms. The van der Waals surface area contributed by atoms with Gasteiger partial charge in [0.25, 0.3) is 0 Å². The largest absolute Gasteiger partial charge is 0.393 e. The van der Waals surface area contributed by atoms with Crippen molar-refractivity contribution in [3.05, 3.63) is 23.9 Å². The number of aliphatic hydroxyl groups is 1. The summed E-state index contributed by atoms with van der Waals surface area (Å²) in [6, 6.07) is 4.61. The molecule has 0 unspecified atom stereocenters. The molecule has 1 saturated carbocycles. The van der Waals surface area contributed by atoms with Gasteiger partial charge in [-0.25, -0.2) is 9.98 Å². The summed E-state index contributed by atoms with van der Waals surface area (Å²) < 4.78 is 0. The molecule has 1 aliphatic heterocycles. The molecule has 138 valence electrons. The van der Waals surface area contributed by atoms with Crippen LogP contribution in [0.25, 0.3) is 0 Å². The fourth-order valence-electron chi connectivity index (χ4n) is 3.58. The van der Waals surface area contributed by atoms with Crippen LogP contribution in [0.3, 0.4) is 0 Å². The van der Waals surface area contributed by atoms with Crippen LogP contribution in [0.2, 0.25) is 0 Å². The molecule has 1 aromatic heterocycles. The molecule has 3 N–H and O–H groups in total. The predicted molar refractivity (Wildman–Crippen MR) is 102 cm³/mol. The van der Waals surface area contributed by atoms with E-state index in [1.807, 2.05) is 12.3 Å². The molecular weight excluding hydrogens is 314 g/mol. The molecule has 0 atom stereocenters. The van der Waals surface area contributed by atoms with Crippen molar-refractivity contribution >= 4 is 11.8 Å². The zero-order chi connectivity index (χ0) is 17.5. The molecule has 0 spiro atoms. The maximum Gasteiger partial charge on any atom is 0.191 e. The smallest absolute Gasteiger partial charge is 0.191 e. The van der Waals surface area contributed by atoms with Crippen LogP contribution in [-0.2, 0) is 6.54 Å². The molecule has 1 aliphatic carbocycles. The molecule has 3 rings (SSSR count). The van der Waals surface area contributed by atoms with E-state index < -0.39 is 0 Å². The second-order valence-corrected chi connectivity index (χ2v) is 7.06. The third-order valence-corrected chi connectivity index (χ3v) is 5.04. The van der Waals surface area contributed by atoms with Crippen molar-refractivity contribution in [1.29, 1.82) is 0 Å². The van der Waals surface area contributed by atoms with Crippen LogP contribution in [0.4, 0.5) is 5.82 Å². The molecule has 6 heteroatoms. The summed E-state index contributed by atoms with van der Waals surface area (Å²) in [7, 11) is 0. The van der Waals surface area contributed by atoms with Crippen LogP contribution in [0, 0.1) is 0 Å². The zero-order valence-electron chi connectivity index (χ0n) is 15.2. The fraction of sp³-hybridized carbons (Fsp3) is 0.684. The van der Waals surface area contributed by atoms with Gasteiger partial charge in [0.1, 0.15) is 5.82 Å². The number of aliphatic hydroxyl groups excluding tert-OH is 1. The van der Waals surface area contributed by atoms with Crippen LogP contribution in [0.1, 0.15) is 51.0 Å². The fourth-order valence-corrected chi connectivity index (χ4v) is 3.58. The lowest BCUT2D eigenvalue weighted by Gasteiger charge is -2.27. The highest BCUT2D eigenvalue weighted by Gasteiger charge is 2.20. The first kappa shape index (κ1) is 18.0. The number of hydrogen-bond acceptors (Lipinski definition) is 4. The molecule has 0 amide bonds. The van der Waals surface area contributed by atoms with E-state index in [-0.39, 0.29) is 6.10 Å². The minimum Gasteiger partial charge on any atom is -0.393 e. The quantitative estimate of drug-likeness (QED) is 0.563. The van der Waals surface area contributed by atoms with E-state index in [2.05, 4.69) is 33.5 Å². The number of nitrogens with one attached hydrogen (secondary N) is 2. The molecule has 2 fully saturated rings. The lowest BCUT2D eigenvalue weighted by atomic mass is 9.93. The van der Waals surface area contributed by atoms with Gasteiger partial charge in [-0.15, -0.1) is 0 Å². The van der Waals surface area contributed by atoms with E-state index in [4.69, 9.17) is 4.99 Å². The summed E-state index contributed by atoms with van der Waals surface area (Å²) in [5.74, 6) is 1.94. The van der Waals surface area contributed by atoms with E-state index in [1.165, 1.54) is 18.4 Å². The van der Waals surface area contributed by atoms with Crippen LogP contribution in [-0.4, -0.2) is 47.8 Å². The Labute approximate surface area is 150 Å². The molecular formula is C19H31N5O. The number of aliphatic imine (C=N–C) groups is 1. The van der Waals surface area contributed by atoms with Crippen molar-refractivity contribution in [1.82, 2.24) is 15.6 Å². The Hall–Kier alpha value is -1.82. The Morgan fingerprint density at radius 2 is 2.04 bits per heavy atom. The van der Waals surface area contributed by atoms with Gasteiger partial charge in [0, 0.05) is 31.9 Å². The lowest BCUT2D eigenvalue weighted by molar-refractivity contribution is 0.120. The van der Waals surface area contributed by atoms with Gasteiger partial charge in [-0.05, 0) is 63.1 Å². The zero-order valence-corrected chi connectivity index (χ0v) is 15.2. The minimum absolute atomic E-state index is 0.126. The number of hydrogen-bond donors (Lipinski definition) is 3. The van der Waals surface area contributed by atoms with Crippen molar-refractivity contribution in [2.45, 2.75) is 64.1 Å². The highest BCUT2D eigenvalue weighted by atomic mass is 16.3. The number of anilines is 1. The minimum atomic E-state index is -0.126. The average molecular weight is 345 g/mol. The predicted octanol–water partition coefficient (Wildman–Crippen LogP) is 2.04. The third-order valence-electron chi connectivity index (χ3n) is 5.04. The summed E-state index contributed by atoms with van der Waals surface area (Å²) in [6.45, 7) is 5.79. The number of guanidine groups is 1. The van der Waals surface area contributed by atoms with E-state index >= 15 is 0 Å². The molecule has 2 aliphatic rings. The molecule has 1 aromatic rings. The SMILES string of the molecule is CCNC(=NCc1ccnc(N2CCCC2)c1)NC1CCC(O)CC1. The first-order valence-corrected chi connectivity index (χ1v) is 9.67. The molecule has 0 radical (unpaired) electrons. The Morgan fingerprint density at radius 3 is 2.76 bits per heavy atom. The Morgan fingerprint density at radius 1 is 1.28 bits per heavy atom. The van der Waals surface area contributed by atoms with Gasteiger partial charge in [0.2, 0.25) is 0 Å². The Kier molecular flexibility index (Phi) is 6.50. The molecule has 1 saturated heterocycles. The highest BCUT2D eigenvalue weighted by Crippen LogP contribution is 2.19. The summed E-state index contributed by atoms with van der Waals surface area (Å²) in [6.07, 6.45) is 8.03. The van der Waals surface area contributed by atoms with Gasteiger partial charge in [-0.2, -0.15) is 0 Å². The summed E-state index contributed by atoms with van der Waals surface area (Å²) >= 11 is 0. The number of rotatable bonds is 5. The van der Waals surface area contributed by atoms with E-state index in [0.29, 0.717) is 12.6 Å². The Balaban J connectivity index is 1.59. The second-order valence-electron chi connectivity index (χ2n) is 7.06. The molecule has 0 bridgehead atoms. The van der Waals surface area contributed by atoms with Crippen LogP contribution < -0.4 is 15.5 Å². The van der Waals surface area contributed by atoms with E-state index in [0.717, 1.165) is 57.1 Å². The van der Waals surface area contributed by atoms with E-state index in [1.54, 1.807) is 0 Å². The first-order valence-electron chi connectivity index (χ1n) is 9.67. The average Bonchev–Trinajstić information content (AvgIpc) is 3.17. The van der Waals surface area contributed by atoms with Crippen LogP contribution in [0.5, 0.6) is 0 Å². The summed E-state index contributed by atoms with van der Waals surface area (Å²) in [5, 5.41) is 16.5. The topological polar surface area (TPSA) is 72.8 Å². The van der Waals surface area contributed by atoms with Crippen molar-refractivity contribution in [2.75, 3.05) is 24.5 Å². The summed E-state index contributed by atoms with van der Waals surface area (Å²) in [5.41, 5.74) is 1.19. The van der Waals surface area contributed by atoms with Gasteiger partial charge < -0.3 is 20.6 Å². The van der Waals surface area contributed by atoms with E-state index in [9.17, 15) is 5.11 Å². The molecule has 0 aromatic carbocycles. The number of nitrogens with zero attached hydrogens (tertiary/aromatic N) is 3. The molecule has 2 heterocycles. The first-order chi connectivity index (χ1) is 12.2. The Bertz CT molecular complexity index is 563. The van der Waals surface area contributed by atoms with Gasteiger partial charge in [-0.1, -0.05) is 0 Å². The van der Waals surface area contributed by atoms with Crippen molar-refractivity contribution in [2.24, 2.45) is 4.99 Å². The summed E-state index contributed by atoms with van der Waals surface area (Å²) in [4.78, 5) is 11.6. The maximum atomic E-state index is 9.65. The standard InChI is InChI=1S/C19H31N5O/c1-2-20-19(23-16-5-7-17(25)8-6-16)22-14-15-9-10-21-18(13-15)24-11-3-4-12-24/h9-10,13,16-17,25H,2-8,11-12,14H2,1H3,(H2,20,22,23). The van der Waals surface area contributed by atoms with Gasteiger partial charge >= 0.3 is 0 Å². The number of aromatic nitrogens is 1. The van der Waals surface area contributed by atoms with Crippen LogP contribution >= 0.6 is 0 Å². The van der Waals surface area contributed by atoms with Gasteiger partial charge in [0.15, 0.2) is 5.96 Å². The maximum absolute atomic E-state index is 9.65. The highest BCUT2D eigenvalue weighted by molar-refractivity contribution is 5.80. The van der Waals surface area contributed by atoms with Crippen molar-refractivity contribution in [3.63, 3.8) is 0 Å². The second kappa shape index (κ2) is 9.04. The van der Waals surface area contributed by atoms with Crippen molar-refractivity contribution in [3.8, 4) is 0 Å². The monoisotopic (exact) mass is 345 g/mol. The third kappa shape index (κ3) is 5.33. The molecule has 6 nitrogen and oxygen atoms in total. The number of pyridine rings is 1. The van der Waals surface area contributed by atoms with Gasteiger partial charge in [-0.3, -0.25) is 0 Å².